The number of aliphatic hydroxyl groups is 1. The predicted molar refractivity (Wildman–Crippen MR) is 211 cm³/mol. The molecule has 3 saturated heterocycles. The van der Waals surface area contributed by atoms with Gasteiger partial charge in [-0.2, -0.15) is 0 Å². The van der Waals surface area contributed by atoms with Gasteiger partial charge in [-0.1, -0.05) is 83.1 Å². The topological polar surface area (TPSA) is 104 Å². The van der Waals surface area contributed by atoms with Gasteiger partial charge in [0.25, 0.3) is 0 Å². The first kappa shape index (κ1) is 47.4. The Morgan fingerprint density at radius 3 is 1.60 bits per heavy atom. The van der Waals surface area contributed by atoms with Gasteiger partial charge in [0, 0.05) is 38.3 Å². The molecule has 52 heavy (non-hydrogen) atoms. The highest BCUT2D eigenvalue weighted by molar-refractivity contribution is 5.94. The van der Waals surface area contributed by atoms with E-state index in [0.29, 0.717) is 29.6 Å². The van der Waals surface area contributed by atoms with Crippen LogP contribution in [0.15, 0.2) is 68.6 Å². The van der Waals surface area contributed by atoms with Gasteiger partial charge >= 0.3 is 0 Å². The van der Waals surface area contributed by atoms with Gasteiger partial charge in [-0.05, 0) is 97.6 Å². The molecule has 0 aromatic carbocycles. The zero-order chi connectivity index (χ0) is 39.1. The van der Waals surface area contributed by atoms with Crippen molar-refractivity contribution in [3.05, 3.63) is 72.5 Å². The maximum absolute atomic E-state index is 11.1. The minimum atomic E-state index is -0.262. The number of aliphatic hydroxyl groups excluding tert-OH is 1. The molecule has 8 nitrogen and oxygen atoms in total. The molecule has 3 aliphatic rings. The summed E-state index contributed by atoms with van der Waals surface area (Å²) in [4.78, 5) is 11.1. The van der Waals surface area contributed by atoms with E-state index in [0.717, 1.165) is 62.8 Å². The van der Waals surface area contributed by atoms with Gasteiger partial charge in [0.15, 0.2) is 11.5 Å². The molecule has 298 valence electrons. The second kappa shape index (κ2) is 27.0. The van der Waals surface area contributed by atoms with Gasteiger partial charge in [0.1, 0.15) is 5.76 Å². The lowest BCUT2D eigenvalue weighted by Crippen LogP contribution is -2.29. The predicted octanol–water partition coefficient (Wildman–Crippen LogP) is 11.6. The van der Waals surface area contributed by atoms with E-state index in [9.17, 15) is 9.90 Å². The van der Waals surface area contributed by atoms with E-state index in [4.69, 9.17) is 27.5 Å². The van der Waals surface area contributed by atoms with E-state index in [2.05, 4.69) is 55.4 Å². The van der Waals surface area contributed by atoms with Gasteiger partial charge in [-0.3, -0.25) is 4.79 Å². The Morgan fingerprint density at radius 2 is 1.31 bits per heavy atom. The van der Waals surface area contributed by atoms with Crippen molar-refractivity contribution in [3.63, 3.8) is 0 Å². The molecular formula is C44H74O8. The maximum atomic E-state index is 11.1. The number of rotatable bonds is 8. The molecule has 0 bridgehead atoms. The maximum Gasteiger partial charge on any atom is 0.200 e. The van der Waals surface area contributed by atoms with Crippen LogP contribution in [0.5, 0.6) is 0 Å². The quantitative estimate of drug-likeness (QED) is 0.228. The molecule has 3 aromatic rings. The highest BCUT2D eigenvalue weighted by Crippen LogP contribution is 2.21. The molecule has 0 spiro atoms. The van der Waals surface area contributed by atoms with Crippen LogP contribution in [-0.2, 0) is 14.2 Å². The van der Waals surface area contributed by atoms with Gasteiger partial charge < -0.3 is 32.6 Å². The molecule has 4 atom stereocenters. The molecular weight excluding hydrogens is 656 g/mol. The van der Waals surface area contributed by atoms with Crippen LogP contribution in [0, 0.1) is 29.6 Å². The molecule has 1 N–H and O–H groups in total. The van der Waals surface area contributed by atoms with Crippen LogP contribution in [0.1, 0.15) is 149 Å². The molecule has 0 amide bonds. The molecule has 4 unspecified atom stereocenters. The van der Waals surface area contributed by atoms with Crippen LogP contribution >= 0.6 is 0 Å². The lowest BCUT2D eigenvalue weighted by molar-refractivity contribution is -0.0242. The van der Waals surface area contributed by atoms with Crippen LogP contribution in [-0.4, -0.2) is 55.6 Å². The van der Waals surface area contributed by atoms with E-state index in [1.807, 2.05) is 45.9 Å². The summed E-state index contributed by atoms with van der Waals surface area (Å²) < 4.78 is 30.8. The molecule has 0 radical (unpaired) electrons. The number of Topliss-reactive ketones (excluding diaryl/α,β-unsaturated/α-hetero) is 1. The summed E-state index contributed by atoms with van der Waals surface area (Å²) >= 11 is 0. The molecule has 3 aliphatic heterocycles. The van der Waals surface area contributed by atoms with Crippen molar-refractivity contribution in [2.45, 2.75) is 145 Å². The molecule has 8 heteroatoms. The van der Waals surface area contributed by atoms with Crippen molar-refractivity contribution in [2.75, 3.05) is 26.4 Å². The zero-order valence-electron chi connectivity index (χ0n) is 34.6. The van der Waals surface area contributed by atoms with Crippen LogP contribution in [0.4, 0.5) is 0 Å². The Bertz CT molecular complexity index is 1130. The lowest BCUT2D eigenvalue weighted by Gasteiger charge is -2.20. The summed E-state index contributed by atoms with van der Waals surface area (Å²) in [6.07, 6.45) is 13.1. The first-order valence-electron chi connectivity index (χ1n) is 19.8. The molecule has 6 heterocycles. The second-order valence-electron chi connectivity index (χ2n) is 15.8. The van der Waals surface area contributed by atoms with E-state index in [-0.39, 0.29) is 23.9 Å². The van der Waals surface area contributed by atoms with Crippen molar-refractivity contribution >= 4 is 5.78 Å². The zero-order valence-corrected chi connectivity index (χ0v) is 34.6. The van der Waals surface area contributed by atoms with Crippen molar-refractivity contribution in [3.8, 4) is 0 Å². The van der Waals surface area contributed by atoms with E-state index in [1.54, 1.807) is 30.9 Å². The largest absolute Gasteiger partial charge is 0.472 e. The fraction of sp³-hybridized carbons (Fsp3) is 0.705. The van der Waals surface area contributed by atoms with Gasteiger partial charge in [-0.15, -0.1) is 0 Å². The third-order valence-corrected chi connectivity index (χ3v) is 9.26. The van der Waals surface area contributed by atoms with Crippen LogP contribution in [0.2, 0.25) is 0 Å². The highest BCUT2D eigenvalue weighted by Gasteiger charge is 2.26. The minimum absolute atomic E-state index is 0.0196. The van der Waals surface area contributed by atoms with Crippen molar-refractivity contribution < 1.29 is 37.4 Å². The number of hydrogen-bond acceptors (Lipinski definition) is 8. The van der Waals surface area contributed by atoms with Crippen LogP contribution in [0.25, 0.3) is 0 Å². The average Bonchev–Trinajstić information content (AvgIpc) is 3.95. The first-order chi connectivity index (χ1) is 24.6. The Labute approximate surface area is 316 Å². The Kier molecular flexibility index (Phi) is 24.6. The summed E-state index contributed by atoms with van der Waals surface area (Å²) in [5.74, 6) is 5.41. The fourth-order valence-corrected chi connectivity index (χ4v) is 5.43. The molecule has 0 saturated carbocycles. The first-order valence-corrected chi connectivity index (χ1v) is 19.8. The molecule has 3 fully saturated rings. The van der Waals surface area contributed by atoms with Gasteiger partial charge in [0.05, 0.1) is 43.4 Å². The second-order valence-corrected chi connectivity index (χ2v) is 15.8. The van der Waals surface area contributed by atoms with Crippen LogP contribution < -0.4 is 0 Å². The molecule has 6 rings (SSSR count). The highest BCUT2D eigenvalue weighted by atomic mass is 16.5. The minimum Gasteiger partial charge on any atom is -0.472 e. The van der Waals surface area contributed by atoms with Crippen LogP contribution in [0.3, 0.4) is 0 Å². The Morgan fingerprint density at radius 1 is 0.692 bits per heavy atom. The van der Waals surface area contributed by atoms with Gasteiger partial charge in [0.2, 0.25) is 0 Å². The third kappa shape index (κ3) is 20.0. The number of furan rings is 3. The average molecular weight is 731 g/mol. The number of ether oxygens (including phenoxy) is 3. The number of carbonyl (C=O) groups excluding carboxylic acids is 1. The summed E-state index contributed by atoms with van der Waals surface area (Å²) in [5.41, 5.74) is 1.27. The fourth-order valence-electron chi connectivity index (χ4n) is 5.43. The van der Waals surface area contributed by atoms with Crippen molar-refractivity contribution in [2.24, 2.45) is 29.6 Å². The summed E-state index contributed by atoms with van der Waals surface area (Å²) in [6, 6.07) is 9.29. The van der Waals surface area contributed by atoms with E-state index < -0.39 is 0 Å². The summed E-state index contributed by atoms with van der Waals surface area (Å²) in [7, 11) is 0. The van der Waals surface area contributed by atoms with Crippen molar-refractivity contribution in [1.82, 2.24) is 0 Å². The third-order valence-electron chi connectivity index (χ3n) is 9.26. The van der Waals surface area contributed by atoms with E-state index in [1.165, 1.54) is 31.1 Å². The Balaban J connectivity index is 0.000000313. The summed E-state index contributed by atoms with van der Waals surface area (Å²) in [6.45, 7) is 29.0. The lowest BCUT2D eigenvalue weighted by atomic mass is 9.96. The standard InChI is InChI=1S/C8H16O2.C8H10O2.C7H14O.C7H10O.C7H14O.C7H10O/c2*1-6(2)8(9)7-4-3-5-10-7;2*1-6(2)7-3-4-8-5-7;2*1-6(2)7-4-3-5-8-7/h6-9H,3-5H2,1-2H3;3-6H,1-2H3;6-7H,3-5H2,1-2H3;3-6H,1-2H3;6-7H,3-5H2,1-2H3;3-6H,1-2H3. The SMILES string of the molecule is CC(C)C(=O)c1ccco1.CC(C)C(O)C1CCCO1.CC(C)C1CCCO1.CC(C)C1CCOC1.CC(C)c1ccco1.CC(C)c1ccoc1. The smallest absolute Gasteiger partial charge is 0.200 e. The van der Waals surface area contributed by atoms with Gasteiger partial charge in [-0.25, -0.2) is 0 Å². The van der Waals surface area contributed by atoms with Crippen molar-refractivity contribution in [1.29, 1.82) is 0 Å². The van der Waals surface area contributed by atoms with E-state index >= 15 is 0 Å². The summed E-state index contributed by atoms with van der Waals surface area (Å²) in [5, 5.41) is 9.50. The Hall–Kier alpha value is -2.65. The molecule has 0 aliphatic carbocycles. The monoisotopic (exact) mass is 731 g/mol. The number of ketones is 1. The molecule has 3 aromatic heterocycles. The normalized spacial score (nSPS) is 19.9. The number of hydrogen-bond donors (Lipinski definition) is 1. The number of carbonyl (C=O) groups is 1.